The molecule has 0 bridgehead atoms. The summed E-state index contributed by atoms with van der Waals surface area (Å²) in [5, 5.41) is 9.30. The van der Waals surface area contributed by atoms with Gasteiger partial charge >= 0.3 is 0 Å². The van der Waals surface area contributed by atoms with E-state index in [4.69, 9.17) is 0 Å². The maximum atomic E-state index is 4.40. The van der Waals surface area contributed by atoms with Crippen LogP contribution in [0, 0.1) is 0 Å². The number of thiophene rings is 1. The molecule has 0 aliphatic heterocycles. The number of aryl methyl sites for hydroxylation is 1. The quantitative estimate of drug-likeness (QED) is 0.772. The van der Waals surface area contributed by atoms with Crippen molar-refractivity contribution in [3.8, 4) is 0 Å². The lowest BCUT2D eigenvalue weighted by atomic mass is 10.1. The zero-order valence-electron chi connectivity index (χ0n) is 11.8. The Kier molecular flexibility index (Phi) is 3.85. The van der Waals surface area contributed by atoms with Crippen molar-refractivity contribution in [1.29, 1.82) is 0 Å². The van der Waals surface area contributed by atoms with Gasteiger partial charge in [0.2, 0.25) is 0 Å². The Morgan fingerprint density at radius 3 is 2.85 bits per heavy atom. The van der Waals surface area contributed by atoms with Crippen molar-refractivity contribution in [3.63, 3.8) is 0 Å². The van der Waals surface area contributed by atoms with Crippen molar-refractivity contribution in [3.05, 3.63) is 53.2 Å². The predicted octanol–water partition coefficient (Wildman–Crippen LogP) is 3.82. The Labute approximate surface area is 123 Å². The predicted molar refractivity (Wildman–Crippen MR) is 85.2 cm³/mol. The summed E-state index contributed by atoms with van der Waals surface area (Å²) in [4.78, 5) is 1.35. The largest absolute Gasteiger partial charge is 0.305 e. The van der Waals surface area contributed by atoms with Crippen LogP contribution in [-0.2, 0) is 6.54 Å². The summed E-state index contributed by atoms with van der Waals surface area (Å²) in [7, 11) is 0. The zero-order valence-corrected chi connectivity index (χ0v) is 12.7. The smallest absolute Gasteiger partial charge is 0.0842 e. The summed E-state index contributed by atoms with van der Waals surface area (Å²) in [5.41, 5.74) is 1.24. The van der Waals surface area contributed by atoms with Gasteiger partial charge in [-0.25, -0.2) is 0 Å². The fourth-order valence-electron chi connectivity index (χ4n) is 2.55. The van der Waals surface area contributed by atoms with Crippen LogP contribution in [0.25, 0.3) is 10.1 Å². The molecule has 0 saturated heterocycles. The van der Waals surface area contributed by atoms with Gasteiger partial charge in [0.05, 0.1) is 11.7 Å². The van der Waals surface area contributed by atoms with Crippen molar-refractivity contribution >= 4 is 21.4 Å². The summed E-state index contributed by atoms with van der Waals surface area (Å²) in [6.45, 7) is 6.11. The molecule has 0 spiro atoms. The molecule has 0 saturated carbocycles. The fraction of sp³-hybridized carbons (Fsp3) is 0.312. The van der Waals surface area contributed by atoms with Crippen molar-refractivity contribution in [2.24, 2.45) is 0 Å². The standard InChI is InChI=1S/C16H19N3S/c1-3-17-16(13-9-10-18-19(13)4-2)15-11-12-7-5-6-8-14(12)20-15/h5-11,16-17H,3-4H2,1-2H3. The van der Waals surface area contributed by atoms with Gasteiger partial charge in [0, 0.05) is 22.3 Å². The average Bonchev–Trinajstić information content (AvgIpc) is 3.10. The zero-order chi connectivity index (χ0) is 13.9. The third kappa shape index (κ3) is 2.37. The van der Waals surface area contributed by atoms with Gasteiger partial charge in [-0.15, -0.1) is 11.3 Å². The van der Waals surface area contributed by atoms with E-state index in [1.54, 1.807) is 0 Å². The molecule has 104 valence electrons. The van der Waals surface area contributed by atoms with E-state index in [0.29, 0.717) is 0 Å². The highest BCUT2D eigenvalue weighted by Crippen LogP contribution is 2.33. The third-order valence-corrected chi connectivity index (χ3v) is 4.66. The first-order valence-electron chi connectivity index (χ1n) is 7.07. The van der Waals surface area contributed by atoms with Crippen molar-refractivity contribution in [1.82, 2.24) is 15.1 Å². The Bertz CT molecular complexity index is 665. The molecular formula is C16H19N3S. The molecule has 3 rings (SSSR count). The maximum Gasteiger partial charge on any atom is 0.0842 e. The molecule has 20 heavy (non-hydrogen) atoms. The lowest BCUT2D eigenvalue weighted by Gasteiger charge is -2.17. The van der Waals surface area contributed by atoms with Gasteiger partial charge in [0.25, 0.3) is 0 Å². The van der Waals surface area contributed by atoms with Gasteiger partial charge in [-0.1, -0.05) is 25.1 Å². The number of rotatable bonds is 5. The molecule has 2 aromatic heterocycles. The lowest BCUT2D eigenvalue weighted by molar-refractivity contribution is 0.547. The second-order valence-electron chi connectivity index (χ2n) is 4.75. The first-order chi connectivity index (χ1) is 9.83. The summed E-state index contributed by atoms with van der Waals surface area (Å²) < 4.78 is 3.41. The number of nitrogens with one attached hydrogen (secondary N) is 1. The Morgan fingerprint density at radius 2 is 2.10 bits per heavy atom. The maximum absolute atomic E-state index is 4.40. The molecule has 0 aliphatic carbocycles. The Balaban J connectivity index is 2.05. The number of hydrogen-bond donors (Lipinski definition) is 1. The van der Waals surface area contributed by atoms with E-state index < -0.39 is 0 Å². The normalized spacial score (nSPS) is 12.9. The molecule has 2 heterocycles. The van der Waals surface area contributed by atoms with Crippen LogP contribution in [0.2, 0.25) is 0 Å². The molecular weight excluding hydrogens is 266 g/mol. The van der Waals surface area contributed by atoms with Crippen LogP contribution in [0.3, 0.4) is 0 Å². The highest BCUT2D eigenvalue weighted by atomic mass is 32.1. The molecule has 0 aliphatic rings. The number of nitrogens with zero attached hydrogens (tertiary/aromatic N) is 2. The molecule has 0 amide bonds. The van der Waals surface area contributed by atoms with E-state index in [1.807, 2.05) is 17.5 Å². The molecule has 0 radical (unpaired) electrons. The van der Waals surface area contributed by atoms with Crippen molar-refractivity contribution < 1.29 is 0 Å². The molecule has 3 nitrogen and oxygen atoms in total. The summed E-state index contributed by atoms with van der Waals surface area (Å²) in [5.74, 6) is 0. The van der Waals surface area contributed by atoms with E-state index in [-0.39, 0.29) is 6.04 Å². The summed E-state index contributed by atoms with van der Waals surface area (Å²) in [6.07, 6.45) is 1.89. The molecule has 0 fully saturated rings. The Morgan fingerprint density at radius 1 is 1.25 bits per heavy atom. The fourth-order valence-corrected chi connectivity index (χ4v) is 3.71. The van der Waals surface area contributed by atoms with E-state index in [9.17, 15) is 0 Å². The van der Waals surface area contributed by atoms with Crippen LogP contribution in [0.5, 0.6) is 0 Å². The van der Waals surface area contributed by atoms with Gasteiger partial charge in [0.15, 0.2) is 0 Å². The highest BCUT2D eigenvalue weighted by Gasteiger charge is 2.19. The number of aromatic nitrogens is 2. The minimum absolute atomic E-state index is 0.222. The number of benzene rings is 1. The molecule has 4 heteroatoms. The summed E-state index contributed by atoms with van der Waals surface area (Å²) >= 11 is 1.86. The second kappa shape index (κ2) is 5.77. The van der Waals surface area contributed by atoms with E-state index >= 15 is 0 Å². The van der Waals surface area contributed by atoms with Crippen LogP contribution in [-0.4, -0.2) is 16.3 Å². The van der Waals surface area contributed by atoms with Gasteiger partial charge in [-0.3, -0.25) is 4.68 Å². The lowest BCUT2D eigenvalue weighted by Crippen LogP contribution is -2.24. The first kappa shape index (κ1) is 13.3. The molecule has 1 unspecified atom stereocenters. The van der Waals surface area contributed by atoms with Gasteiger partial charge < -0.3 is 5.32 Å². The molecule has 1 atom stereocenters. The first-order valence-corrected chi connectivity index (χ1v) is 7.88. The van der Waals surface area contributed by atoms with Crippen LogP contribution >= 0.6 is 11.3 Å². The third-order valence-electron chi connectivity index (χ3n) is 3.48. The number of hydrogen-bond acceptors (Lipinski definition) is 3. The minimum Gasteiger partial charge on any atom is -0.305 e. The Hall–Kier alpha value is -1.65. The molecule has 1 N–H and O–H groups in total. The molecule has 1 aromatic carbocycles. The highest BCUT2D eigenvalue weighted by molar-refractivity contribution is 7.19. The van der Waals surface area contributed by atoms with Crippen LogP contribution in [0.4, 0.5) is 0 Å². The molecule has 3 aromatic rings. The van der Waals surface area contributed by atoms with E-state index in [2.05, 4.69) is 65.3 Å². The van der Waals surface area contributed by atoms with Crippen LogP contribution < -0.4 is 5.32 Å². The van der Waals surface area contributed by atoms with Crippen LogP contribution in [0.15, 0.2) is 42.6 Å². The van der Waals surface area contributed by atoms with Gasteiger partial charge in [-0.2, -0.15) is 5.10 Å². The summed E-state index contributed by atoms with van der Waals surface area (Å²) in [6, 6.07) is 13.2. The van der Waals surface area contributed by atoms with Crippen molar-refractivity contribution in [2.75, 3.05) is 6.54 Å². The average molecular weight is 285 g/mol. The topological polar surface area (TPSA) is 29.9 Å². The van der Waals surface area contributed by atoms with Crippen LogP contribution in [0.1, 0.15) is 30.5 Å². The monoisotopic (exact) mass is 285 g/mol. The minimum atomic E-state index is 0.222. The second-order valence-corrected chi connectivity index (χ2v) is 5.86. The van der Waals surface area contributed by atoms with Gasteiger partial charge in [-0.05, 0) is 37.1 Å². The SMILES string of the molecule is CCNC(c1cc2ccccc2s1)c1ccnn1CC. The number of fused-ring (bicyclic) bond motifs is 1. The van der Waals surface area contributed by atoms with Gasteiger partial charge in [0.1, 0.15) is 0 Å². The van der Waals surface area contributed by atoms with Crippen molar-refractivity contribution in [2.45, 2.75) is 26.4 Å². The van der Waals surface area contributed by atoms with E-state index in [0.717, 1.165) is 13.1 Å². The van der Waals surface area contributed by atoms with E-state index in [1.165, 1.54) is 20.7 Å².